The molecular weight excluding hydrogens is 676 g/mol. The van der Waals surface area contributed by atoms with E-state index in [0.29, 0.717) is 66.1 Å². The molecule has 2 atom stereocenters. The van der Waals surface area contributed by atoms with E-state index in [1.165, 1.54) is 12.1 Å². The summed E-state index contributed by atoms with van der Waals surface area (Å²) in [4.78, 5) is 26.6. The first kappa shape index (κ1) is 36.8. The fraction of sp³-hybridized carbons (Fsp3) is 0.500. The molecular formula is C42H49F2N5O4. The number of aromatic nitrogens is 2. The quantitative estimate of drug-likeness (QED) is 0.163. The predicted octanol–water partition coefficient (Wildman–Crippen LogP) is 6.92. The van der Waals surface area contributed by atoms with Gasteiger partial charge in [-0.15, -0.1) is 6.42 Å². The summed E-state index contributed by atoms with van der Waals surface area (Å²) in [5.74, 6) is 2.98. The number of hydrogen-bond donors (Lipinski definition) is 2. The van der Waals surface area contributed by atoms with Gasteiger partial charge in [-0.2, -0.15) is 9.97 Å². The van der Waals surface area contributed by atoms with Crippen LogP contribution in [0.3, 0.4) is 0 Å². The molecule has 2 aliphatic heterocycles. The number of halogens is 2. The molecule has 3 heterocycles. The van der Waals surface area contributed by atoms with E-state index in [-0.39, 0.29) is 29.8 Å². The average molecular weight is 726 g/mol. The molecule has 0 spiro atoms. The van der Waals surface area contributed by atoms with E-state index >= 15 is 4.39 Å². The molecule has 3 fully saturated rings. The molecule has 2 N–H and O–H groups in total. The van der Waals surface area contributed by atoms with Gasteiger partial charge < -0.3 is 24.8 Å². The van der Waals surface area contributed by atoms with E-state index in [1.807, 2.05) is 20.0 Å². The Balaban J connectivity index is 1.25. The first-order chi connectivity index (χ1) is 25.5. The molecule has 0 unspecified atom stereocenters. The van der Waals surface area contributed by atoms with Gasteiger partial charge in [-0.1, -0.05) is 31.4 Å². The third-order valence-corrected chi connectivity index (χ3v) is 12.0. The summed E-state index contributed by atoms with van der Waals surface area (Å²) in [5, 5.41) is 15.5. The van der Waals surface area contributed by atoms with Gasteiger partial charge in [-0.25, -0.2) is 8.78 Å². The molecule has 7 rings (SSSR count). The van der Waals surface area contributed by atoms with E-state index in [2.05, 4.69) is 22.7 Å². The Kier molecular flexibility index (Phi) is 10.5. The molecule has 9 nitrogen and oxygen atoms in total. The number of rotatable bonds is 11. The minimum Gasteiger partial charge on any atom is -0.508 e. The number of phenolic OH excluding ortho intramolecular Hbond substituents is 1. The van der Waals surface area contributed by atoms with Crippen LogP contribution in [-0.4, -0.2) is 94.5 Å². The maximum atomic E-state index is 15.0. The molecule has 1 aromatic heterocycles. The highest BCUT2D eigenvalue weighted by Gasteiger charge is 2.44. The fourth-order valence-corrected chi connectivity index (χ4v) is 8.90. The Morgan fingerprint density at radius 1 is 1.25 bits per heavy atom. The smallest absolute Gasteiger partial charge is 0.318 e. The van der Waals surface area contributed by atoms with Crippen molar-refractivity contribution in [3.63, 3.8) is 0 Å². The number of hydrogen-bond acceptors (Lipinski definition) is 8. The Morgan fingerprint density at radius 3 is 2.75 bits per heavy atom. The zero-order valence-corrected chi connectivity index (χ0v) is 30.7. The molecule has 280 valence electrons. The van der Waals surface area contributed by atoms with Crippen molar-refractivity contribution in [2.24, 2.45) is 5.92 Å². The van der Waals surface area contributed by atoms with Crippen molar-refractivity contribution in [2.45, 2.75) is 82.0 Å². The first-order valence-electron chi connectivity index (χ1n) is 18.8. The summed E-state index contributed by atoms with van der Waals surface area (Å²) in [7, 11) is 1.83. The van der Waals surface area contributed by atoms with Crippen molar-refractivity contribution in [2.75, 3.05) is 51.8 Å². The van der Waals surface area contributed by atoms with Gasteiger partial charge in [0, 0.05) is 57.3 Å². The number of ether oxygens (including phenoxy) is 2. The van der Waals surface area contributed by atoms with Crippen LogP contribution in [0.4, 0.5) is 14.6 Å². The second-order valence-corrected chi connectivity index (χ2v) is 15.5. The summed E-state index contributed by atoms with van der Waals surface area (Å²) in [5.41, 5.74) is 2.17. The number of phenols is 1. The van der Waals surface area contributed by atoms with Gasteiger partial charge in [0.2, 0.25) is 5.91 Å². The number of anilines is 1. The lowest BCUT2D eigenvalue weighted by molar-refractivity contribution is -0.129. The highest BCUT2D eigenvalue weighted by molar-refractivity contribution is 6.02. The number of benzene rings is 2. The number of nitrogens with zero attached hydrogens (tertiary/aromatic N) is 4. The van der Waals surface area contributed by atoms with Crippen LogP contribution in [0.1, 0.15) is 80.7 Å². The van der Waals surface area contributed by atoms with E-state index in [4.69, 9.17) is 25.9 Å². The van der Waals surface area contributed by atoms with E-state index < -0.39 is 23.1 Å². The standard InChI is InChI=1S/C42H49F2N5O4/c1-5-32-35(44)12-10-29-19-31(50)21-34(38(29)32)28-9-11-33-36(20-28)46-40(47-39(33)45-25-42(15-7-8-16-42)48(4)37(51)6-2)53-26-41(3)22-30(43)24-49(41)23-27-13-17-52-18-14-27/h1,6,10,12,19-21,27,30,50H,2,7-9,11,13-18,22-26H2,3-4H3,(H,45,46,47)/t30-,41+/m1/s1. The normalized spacial score (nSPS) is 22.9. The molecule has 1 amide bonds. The number of carbonyl (C=O) groups excluding carboxylic acids is 1. The Bertz CT molecular complexity index is 1960. The number of likely N-dealkylation sites (tertiary alicyclic amines) is 1. The Morgan fingerprint density at radius 2 is 2.02 bits per heavy atom. The largest absolute Gasteiger partial charge is 0.508 e. The molecule has 11 heteroatoms. The molecule has 2 aliphatic carbocycles. The van der Waals surface area contributed by atoms with E-state index in [9.17, 15) is 14.3 Å². The van der Waals surface area contributed by atoms with Crippen LogP contribution in [-0.2, 0) is 16.0 Å². The number of likely N-dealkylation sites (N-methyl/N-ethyl adjacent to an activating group) is 1. The first-order valence-corrected chi connectivity index (χ1v) is 18.8. The van der Waals surface area contributed by atoms with Crippen molar-refractivity contribution < 1.29 is 28.2 Å². The topological polar surface area (TPSA) is 100 Å². The third-order valence-electron chi connectivity index (χ3n) is 12.0. The molecule has 53 heavy (non-hydrogen) atoms. The number of terminal acetylenes is 1. The Hall–Kier alpha value is -4.53. The predicted molar refractivity (Wildman–Crippen MR) is 203 cm³/mol. The molecule has 2 saturated heterocycles. The minimum absolute atomic E-state index is 0.0455. The summed E-state index contributed by atoms with van der Waals surface area (Å²) in [6.07, 6.45) is 15.2. The summed E-state index contributed by atoms with van der Waals surface area (Å²) < 4.78 is 42.0. The molecule has 1 saturated carbocycles. The van der Waals surface area contributed by atoms with Crippen LogP contribution in [0.2, 0.25) is 0 Å². The molecule has 2 aromatic carbocycles. The minimum atomic E-state index is -0.955. The number of nitrogens with one attached hydrogen (secondary N) is 1. The Labute approximate surface area is 310 Å². The van der Waals surface area contributed by atoms with Gasteiger partial charge in [0.15, 0.2) is 0 Å². The second kappa shape index (κ2) is 15.1. The van der Waals surface area contributed by atoms with Gasteiger partial charge in [-0.3, -0.25) is 9.69 Å². The highest BCUT2D eigenvalue weighted by atomic mass is 19.1. The molecule has 4 aliphatic rings. The number of fused-ring (bicyclic) bond motifs is 2. The maximum absolute atomic E-state index is 15.0. The SMILES string of the molecule is C#Cc1c(F)ccc2cc(O)cc(C3=Cc4nc(OC[C@]5(C)C[C@@H](F)CN5CC5CCOCC5)nc(NCC5(N(C)C(=O)C=C)CCCC5)c4CC3)c12. The zero-order chi connectivity index (χ0) is 37.3. The lowest BCUT2D eigenvalue weighted by Gasteiger charge is -2.39. The highest BCUT2D eigenvalue weighted by Crippen LogP contribution is 2.41. The van der Waals surface area contributed by atoms with Crippen molar-refractivity contribution in [3.8, 4) is 24.1 Å². The van der Waals surface area contributed by atoms with Crippen molar-refractivity contribution in [3.05, 3.63) is 65.1 Å². The number of carbonyl (C=O) groups is 1. The number of amides is 1. The zero-order valence-electron chi connectivity index (χ0n) is 30.7. The van der Waals surface area contributed by atoms with Gasteiger partial charge in [0.1, 0.15) is 30.2 Å². The van der Waals surface area contributed by atoms with Gasteiger partial charge in [-0.05, 0) is 98.2 Å². The monoisotopic (exact) mass is 725 g/mol. The van der Waals surface area contributed by atoms with Crippen molar-refractivity contribution in [1.82, 2.24) is 19.8 Å². The van der Waals surface area contributed by atoms with Crippen LogP contribution >= 0.6 is 0 Å². The van der Waals surface area contributed by atoms with Gasteiger partial charge in [0.05, 0.1) is 22.3 Å². The lowest BCUT2D eigenvalue weighted by atomic mass is 9.87. The van der Waals surface area contributed by atoms with E-state index in [0.717, 1.165) is 69.4 Å². The molecule has 3 aromatic rings. The van der Waals surface area contributed by atoms with Crippen LogP contribution in [0.5, 0.6) is 11.8 Å². The van der Waals surface area contributed by atoms with Crippen LogP contribution in [0.25, 0.3) is 22.4 Å². The van der Waals surface area contributed by atoms with Crippen molar-refractivity contribution >= 4 is 34.1 Å². The van der Waals surface area contributed by atoms with Crippen molar-refractivity contribution in [1.29, 1.82) is 0 Å². The van der Waals surface area contributed by atoms with Gasteiger partial charge in [0.25, 0.3) is 0 Å². The summed E-state index contributed by atoms with van der Waals surface area (Å²) >= 11 is 0. The number of alkyl halides is 1. The lowest BCUT2D eigenvalue weighted by Crippen LogP contribution is -2.51. The van der Waals surface area contributed by atoms with E-state index in [1.54, 1.807) is 23.1 Å². The molecule has 0 bridgehead atoms. The maximum Gasteiger partial charge on any atom is 0.318 e. The summed E-state index contributed by atoms with van der Waals surface area (Å²) in [6, 6.07) is 6.29. The van der Waals surface area contributed by atoms with Gasteiger partial charge >= 0.3 is 6.01 Å². The third kappa shape index (κ3) is 7.36. The summed E-state index contributed by atoms with van der Waals surface area (Å²) in [6.45, 7) is 9.04. The number of aromatic hydroxyl groups is 1. The van der Waals surface area contributed by atoms with Crippen LogP contribution in [0.15, 0.2) is 36.9 Å². The second-order valence-electron chi connectivity index (χ2n) is 15.5. The average Bonchev–Trinajstić information content (AvgIpc) is 3.76. The van der Waals surface area contributed by atoms with Crippen LogP contribution in [0, 0.1) is 24.1 Å². The fourth-order valence-electron chi connectivity index (χ4n) is 8.90. The molecule has 0 radical (unpaired) electrons. The van der Waals surface area contributed by atoms with Crippen LogP contribution < -0.4 is 10.1 Å². The number of allylic oxidation sites excluding steroid dienone is 1.